The normalized spacial score (nSPS) is 12.0. The molecule has 1 atom stereocenters. The van der Waals surface area contributed by atoms with E-state index in [4.69, 9.17) is 0 Å². The summed E-state index contributed by atoms with van der Waals surface area (Å²) in [6, 6.07) is 9.46. The van der Waals surface area contributed by atoms with Crippen molar-refractivity contribution in [3.63, 3.8) is 0 Å². The molecule has 1 radical (unpaired) electrons. The van der Waals surface area contributed by atoms with E-state index in [1.807, 2.05) is 30.3 Å². The topological polar surface area (TPSA) is 40.1 Å². The molecule has 0 saturated carbocycles. The monoisotopic (exact) mass is 559 g/mol. The van der Waals surface area contributed by atoms with Crippen LogP contribution >= 0.6 is 0 Å². The predicted molar refractivity (Wildman–Crippen MR) is 109 cm³/mol. The number of rotatable bonds is 16. The van der Waals surface area contributed by atoms with Crippen LogP contribution in [-0.4, -0.2) is 5.97 Å². The molecule has 3 heteroatoms. The van der Waals surface area contributed by atoms with Gasteiger partial charge in [0.05, 0.1) is 0 Å². The Balaban J connectivity index is 0.00000676. The van der Waals surface area contributed by atoms with Crippen molar-refractivity contribution in [2.24, 2.45) is 0 Å². The van der Waals surface area contributed by atoms with Gasteiger partial charge in [0.15, 0.2) is 0 Å². The Bertz CT molecular complexity index is 484. The second kappa shape index (κ2) is 18.7. The van der Waals surface area contributed by atoms with E-state index in [0.717, 1.165) is 24.8 Å². The Morgan fingerprint density at radius 2 is 1.37 bits per heavy atom. The first-order valence-corrected chi connectivity index (χ1v) is 10.7. The summed E-state index contributed by atoms with van der Waals surface area (Å²) in [5.74, 6) is -1.41. The Hall–Kier alpha value is -0.635. The number of unbranched alkanes of at least 4 members (excludes halogenated alkanes) is 10. The largest absolute Gasteiger partial charge is 1.00 e. The van der Waals surface area contributed by atoms with Crippen LogP contribution in [0.15, 0.2) is 42.5 Å². The van der Waals surface area contributed by atoms with Crippen LogP contribution in [0.2, 0.25) is 0 Å². The zero-order chi connectivity index (χ0) is 18.9. The smallest absolute Gasteiger partial charge is 0.549 e. The third kappa shape index (κ3) is 14.1. The average Bonchev–Trinajstić information content (AvgIpc) is 2.65. The van der Waals surface area contributed by atoms with Gasteiger partial charge in [-0.3, -0.25) is 0 Å². The van der Waals surface area contributed by atoms with Crippen molar-refractivity contribution in [2.45, 2.75) is 96.3 Å². The first kappa shape index (κ1) is 26.4. The number of aliphatic carboxylic acids is 1. The molecule has 0 saturated heterocycles. The van der Waals surface area contributed by atoms with Gasteiger partial charge in [-0.1, -0.05) is 101 Å². The SMILES string of the molecule is CCCCCCCCC=CCCCCCCC(C(=O)[O-])c1ccccc1.[Hg+]. The predicted octanol–water partition coefficient (Wildman–Crippen LogP) is 6.17. The van der Waals surface area contributed by atoms with Gasteiger partial charge in [-0.25, -0.2) is 0 Å². The van der Waals surface area contributed by atoms with Gasteiger partial charge in [0, 0.05) is 11.9 Å². The molecule has 1 aromatic carbocycles. The van der Waals surface area contributed by atoms with E-state index in [-0.39, 0.29) is 27.7 Å². The Morgan fingerprint density at radius 1 is 0.852 bits per heavy atom. The van der Waals surface area contributed by atoms with E-state index in [9.17, 15) is 9.90 Å². The van der Waals surface area contributed by atoms with Gasteiger partial charge >= 0.3 is 27.7 Å². The summed E-state index contributed by atoms with van der Waals surface area (Å²) in [6.07, 6.45) is 20.3. The molecule has 0 bridgehead atoms. The van der Waals surface area contributed by atoms with E-state index in [1.54, 1.807) is 0 Å². The van der Waals surface area contributed by atoms with Crippen LogP contribution in [0.3, 0.4) is 0 Å². The molecular weight excluding hydrogens is 521 g/mol. The second-order valence-corrected chi connectivity index (χ2v) is 7.30. The van der Waals surface area contributed by atoms with Gasteiger partial charge in [-0.2, -0.15) is 0 Å². The molecule has 1 rings (SSSR count). The zero-order valence-corrected chi connectivity index (χ0v) is 22.8. The number of carbonyl (C=O) groups is 1. The molecule has 0 N–H and O–H groups in total. The molecule has 0 spiro atoms. The van der Waals surface area contributed by atoms with Crippen molar-refractivity contribution >= 4 is 5.97 Å². The molecule has 0 aliphatic rings. The molecular formula is C24H37HgO2. The van der Waals surface area contributed by atoms with Crippen LogP contribution in [0.5, 0.6) is 0 Å². The van der Waals surface area contributed by atoms with E-state index in [2.05, 4.69) is 19.1 Å². The molecule has 0 aromatic heterocycles. The molecule has 0 fully saturated rings. The summed E-state index contributed by atoms with van der Waals surface area (Å²) in [6.45, 7) is 2.26. The fourth-order valence-corrected chi connectivity index (χ4v) is 3.35. The van der Waals surface area contributed by atoms with Crippen LogP contribution in [0.25, 0.3) is 0 Å². The summed E-state index contributed by atoms with van der Waals surface area (Å²) in [4.78, 5) is 11.3. The summed E-state index contributed by atoms with van der Waals surface area (Å²) in [7, 11) is 0. The van der Waals surface area contributed by atoms with Gasteiger partial charge < -0.3 is 9.90 Å². The van der Waals surface area contributed by atoms with Crippen molar-refractivity contribution in [3.05, 3.63) is 48.0 Å². The number of hydrogen-bond donors (Lipinski definition) is 0. The summed E-state index contributed by atoms with van der Waals surface area (Å²) < 4.78 is 0. The van der Waals surface area contributed by atoms with Crippen LogP contribution in [0.1, 0.15) is 102 Å². The summed E-state index contributed by atoms with van der Waals surface area (Å²) in [5.41, 5.74) is 0.866. The maximum absolute atomic E-state index is 11.3. The van der Waals surface area contributed by atoms with Crippen molar-refractivity contribution < 1.29 is 37.6 Å². The van der Waals surface area contributed by atoms with Gasteiger partial charge in [0.2, 0.25) is 0 Å². The van der Waals surface area contributed by atoms with Gasteiger partial charge in [0.1, 0.15) is 0 Å². The molecule has 1 unspecified atom stereocenters. The van der Waals surface area contributed by atoms with Crippen molar-refractivity contribution in [2.75, 3.05) is 0 Å². The fourth-order valence-electron chi connectivity index (χ4n) is 3.35. The third-order valence-electron chi connectivity index (χ3n) is 4.99. The Kier molecular flexibility index (Phi) is 18.3. The molecule has 0 aliphatic heterocycles. The number of benzene rings is 1. The number of carboxylic acid groups (broad SMARTS) is 1. The standard InChI is InChI=1S/C24H38O2.Hg/c1-2-3-4-5-6-7-8-9-10-11-12-13-14-18-21-23(24(25)26)22-19-16-15-17-20-22;/h9-10,15-17,19-20,23H,2-8,11-14,18,21H2,1H3,(H,25,26);/q;+1/p-1. The number of allylic oxidation sites excluding steroid dienone is 2. The quantitative estimate of drug-likeness (QED) is 0.139. The van der Waals surface area contributed by atoms with E-state index in [1.165, 1.54) is 57.8 Å². The number of hydrogen-bond acceptors (Lipinski definition) is 2. The van der Waals surface area contributed by atoms with E-state index < -0.39 is 11.9 Å². The minimum atomic E-state index is -0.950. The number of carbonyl (C=O) groups excluding carboxylic acids is 1. The number of carboxylic acids is 1. The molecule has 0 heterocycles. The maximum atomic E-state index is 11.3. The molecule has 27 heavy (non-hydrogen) atoms. The maximum Gasteiger partial charge on any atom is 1.00 e. The van der Waals surface area contributed by atoms with Gasteiger partial charge in [-0.05, 0) is 37.7 Å². The van der Waals surface area contributed by atoms with E-state index >= 15 is 0 Å². The van der Waals surface area contributed by atoms with Gasteiger partial charge in [-0.15, -0.1) is 0 Å². The van der Waals surface area contributed by atoms with Crippen LogP contribution in [0, 0.1) is 0 Å². The molecule has 147 valence electrons. The van der Waals surface area contributed by atoms with Crippen LogP contribution < -0.4 is 5.11 Å². The average molecular weight is 558 g/mol. The second-order valence-electron chi connectivity index (χ2n) is 7.30. The minimum absolute atomic E-state index is 0. The van der Waals surface area contributed by atoms with Crippen molar-refractivity contribution in [1.82, 2.24) is 0 Å². The summed E-state index contributed by atoms with van der Waals surface area (Å²) in [5, 5.41) is 11.3. The minimum Gasteiger partial charge on any atom is -0.549 e. The Labute approximate surface area is 187 Å². The van der Waals surface area contributed by atoms with Crippen LogP contribution in [0.4, 0.5) is 0 Å². The molecule has 0 aliphatic carbocycles. The first-order chi connectivity index (χ1) is 12.8. The first-order valence-electron chi connectivity index (χ1n) is 10.7. The van der Waals surface area contributed by atoms with Gasteiger partial charge in [0.25, 0.3) is 0 Å². The zero-order valence-electron chi connectivity index (χ0n) is 17.3. The Morgan fingerprint density at radius 3 is 1.93 bits per heavy atom. The summed E-state index contributed by atoms with van der Waals surface area (Å²) >= 11 is 0. The van der Waals surface area contributed by atoms with E-state index in [0.29, 0.717) is 6.42 Å². The third-order valence-corrected chi connectivity index (χ3v) is 4.99. The molecule has 2 nitrogen and oxygen atoms in total. The van der Waals surface area contributed by atoms with Crippen molar-refractivity contribution in [3.8, 4) is 0 Å². The fraction of sp³-hybridized carbons (Fsp3) is 0.625. The molecule has 1 aromatic rings. The van der Waals surface area contributed by atoms with Crippen molar-refractivity contribution in [1.29, 1.82) is 0 Å². The molecule has 0 amide bonds. The van der Waals surface area contributed by atoms with Crippen LogP contribution in [-0.2, 0) is 32.5 Å².